The summed E-state index contributed by atoms with van der Waals surface area (Å²) in [5.74, 6) is 1.92. The van der Waals surface area contributed by atoms with Crippen molar-refractivity contribution in [2.24, 2.45) is 0 Å². The normalized spacial score (nSPS) is 11.7. The summed E-state index contributed by atoms with van der Waals surface area (Å²) in [6.45, 7) is 6.71. The highest BCUT2D eigenvalue weighted by molar-refractivity contribution is 6.08. The molecule has 0 saturated carbocycles. The fraction of sp³-hybridized carbons (Fsp3) is 0.0952. The fourth-order valence-electron chi connectivity index (χ4n) is 6.10. The Morgan fingerprint density at radius 3 is 1.51 bits per heavy atom. The summed E-state index contributed by atoms with van der Waals surface area (Å²) < 4.78 is 2.25. The van der Waals surface area contributed by atoms with Crippen LogP contribution in [0.1, 0.15) is 26.3 Å². The van der Waals surface area contributed by atoms with Gasteiger partial charge in [0.25, 0.3) is 0 Å². The van der Waals surface area contributed by atoms with Gasteiger partial charge in [0.2, 0.25) is 0 Å². The minimum absolute atomic E-state index is 0.0992. The number of pyridine rings is 1. The number of rotatable bonds is 5. The van der Waals surface area contributed by atoms with Gasteiger partial charge in [0.1, 0.15) is 5.65 Å². The first-order valence-electron chi connectivity index (χ1n) is 15.9. The lowest BCUT2D eigenvalue weighted by Gasteiger charge is -2.19. The van der Waals surface area contributed by atoms with Crippen LogP contribution >= 0.6 is 0 Å². The Morgan fingerprint density at radius 1 is 0.426 bits per heavy atom. The molecule has 3 heterocycles. The lowest BCUT2D eigenvalue weighted by molar-refractivity contribution is 0.590. The number of para-hydroxylation sites is 1. The largest absolute Gasteiger partial charge is 0.294 e. The molecule has 5 heteroatoms. The number of fused-ring (bicyclic) bond motifs is 3. The quantitative estimate of drug-likeness (QED) is 0.195. The summed E-state index contributed by atoms with van der Waals surface area (Å²) in [5.41, 5.74) is 9.33. The summed E-state index contributed by atoms with van der Waals surface area (Å²) in [6, 6.07) is 50.1. The molecule has 0 N–H and O–H groups in total. The number of aromatic nitrogens is 5. The molecule has 226 valence electrons. The lowest BCUT2D eigenvalue weighted by Crippen LogP contribution is -2.10. The number of benzene rings is 5. The summed E-state index contributed by atoms with van der Waals surface area (Å²) in [7, 11) is 0. The summed E-state index contributed by atoms with van der Waals surface area (Å²) >= 11 is 0. The highest BCUT2D eigenvalue weighted by Crippen LogP contribution is 2.34. The van der Waals surface area contributed by atoms with Crippen LogP contribution in [0, 0.1) is 0 Å². The van der Waals surface area contributed by atoms with E-state index < -0.39 is 0 Å². The molecule has 8 aromatic rings. The molecule has 5 nitrogen and oxygen atoms in total. The van der Waals surface area contributed by atoms with E-state index >= 15 is 0 Å². The third kappa shape index (κ3) is 5.36. The lowest BCUT2D eigenvalue weighted by atomic mass is 9.86. The Kier molecular flexibility index (Phi) is 6.95. The van der Waals surface area contributed by atoms with E-state index in [0.717, 1.165) is 50.2 Å². The van der Waals surface area contributed by atoms with Crippen LogP contribution in [0.3, 0.4) is 0 Å². The van der Waals surface area contributed by atoms with Crippen LogP contribution in [0.4, 0.5) is 0 Å². The van der Waals surface area contributed by atoms with Gasteiger partial charge in [-0.15, -0.1) is 0 Å². The van der Waals surface area contributed by atoms with Crippen molar-refractivity contribution in [1.82, 2.24) is 24.5 Å². The van der Waals surface area contributed by atoms with Crippen molar-refractivity contribution < 1.29 is 0 Å². The zero-order chi connectivity index (χ0) is 32.0. The van der Waals surface area contributed by atoms with E-state index in [-0.39, 0.29) is 5.41 Å². The third-order valence-electron chi connectivity index (χ3n) is 8.65. The summed E-state index contributed by atoms with van der Waals surface area (Å²) in [6.07, 6.45) is 0. The molecule has 0 radical (unpaired) electrons. The molecular weight excluding hydrogens is 574 g/mol. The van der Waals surface area contributed by atoms with Gasteiger partial charge in [-0.25, -0.2) is 19.9 Å². The highest BCUT2D eigenvalue weighted by Gasteiger charge is 2.17. The van der Waals surface area contributed by atoms with Crippen molar-refractivity contribution in [3.8, 4) is 51.1 Å². The van der Waals surface area contributed by atoms with E-state index in [4.69, 9.17) is 19.9 Å². The smallest absolute Gasteiger partial charge is 0.164 e. The Bertz CT molecular complexity index is 2290. The molecule has 5 aromatic carbocycles. The molecule has 8 rings (SSSR count). The first kappa shape index (κ1) is 28.5. The molecule has 47 heavy (non-hydrogen) atoms. The number of nitrogens with zero attached hydrogens (tertiary/aromatic N) is 5. The zero-order valence-electron chi connectivity index (χ0n) is 26.6. The number of hydrogen-bond donors (Lipinski definition) is 0. The number of hydrogen-bond acceptors (Lipinski definition) is 4. The standard InChI is InChI=1S/C42H33N5/c1-42(2,3)32-22-18-28(19-23-32)36-27-26-35-34-16-10-11-17-37(34)47(41(35)43-36)33-24-20-31(21-25-33)40-45-38(29-12-6-4-7-13-29)44-39(46-40)30-14-8-5-9-15-30/h4-27H,1-3H3. The van der Waals surface area contributed by atoms with Crippen LogP contribution in [0.25, 0.3) is 73.0 Å². The first-order chi connectivity index (χ1) is 22.9. The summed E-state index contributed by atoms with van der Waals surface area (Å²) in [4.78, 5) is 19.9. The van der Waals surface area contributed by atoms with Gasteiger partial charge in [-0.2, -0.15) is 0 Å². The van der Waals surface area contributed by atoms with E-state index in [9.17, 15) is 0 Å². The Labute approximate surface area is 274 Å². The minimum Gasteiger partial charge on any atom is -0.294 e. The molecule has 0 aliphatic heterocycles. The van der Waals surface area contributed by atoms with Gasteiger partial charge in [0.15, 0.2) is 17.5 Å². The maximum atomic E-state index is 5.25. The van der Waals surface area contributed by atoms with Gasteiger partial charge >= 0.3 is 0 Å². The van der Waals surface area contributed by atoms with Crippen LogP contribution in [0.2, 0.25) is 0 Å². The van der Waals surface area contributed by atoms with Gasteiger partial charge in [0.05, 0.1) is 11.2 Å². The van der Waals surface area contributed by atoms with E-state index in [1.165, 1.54) is 10.9 Å². The van der Waals surface area contributed by atoms with Crippen LogP contribution in [0.15, 0.2) is 146 Å². The Hall–Kier alpha value is -5.94. The predicted octanol–water partition coefficient (Wildman–Crippen LogP) is 10.3. The Morgan fingerprint density at radius 2 is 0.936 bits per heavy atom. The molecule has 0 fully saturated rings. The van der Waals surface area contributed by atoms with Crippen molar-refractivity contribution in [2.45, 2.75) is 26.2 Å². The van der Waals surface area contributed by atoms with Gasteiger partial charge in [0, 0.05) is 38.7 Å². The SMILES string of the molecule is CC(C)(C)c1ccc(-c2ccc3c4ccccc4n(-c4ccc(-c5nc(-c6ccccc6)nc(-c6ccccc6)n5)cc4)c3n2)cc1. The van der Waals surface area contributed by atoms with Gasteiger partial charge in [-0.3, -0.25) is 4.57 Å². The van der Waals surface area contributed by atoms with Crippen molar-refractivity contribution in [2.75, 3.05) is 0 Å². The molecule has 0 aliphatic carbocycles. The Balaban J connectivity index is 1.23. The fourth-order valence-corrected chi connectivity index (χ4v) is 6.10. The van der Waals surface area contributed by atoms with Crippen molar-refractivity contribution >= 4 is 21.9 Å². The first-order valence-corrected chi connectivity index (χ1v) is 15.9. The van der Waals surface area contributed by atoms with Crippen molar-refractivity contribution in [3.63, 3.8) is 0 Å². The second-order valence-corrected chi connectivity index (χ2v) is 12.8. The van der Waals surface area contributed by atoms with Gasteiger partial charge in [-0.1, -0.05) is 124 Å². The maximum Gasteiger partial charge on any atom is 0.164 e. The molecule has 3 aromatic heterocycles. The molecular formula is C42H33N5. The molecule has 0 unspecified atom stereocenters. The maximum absolute atomic E-state index is 5.25. The van der Waals surface area contributed by atoms with E-state index in [0.29, 0.717) is 17.5 Å². The van der Waals surface area contributed by atoms with Gasteiger partial charge < -0.3 is 0 Å². The van der Waals surface area contributed by atoms with E-state index in [1.807, 2.05) is 60.7 Å². The third-order valence-corrected chi connectivity index (χ3v) is 8.65. The summed E-state index contributed by atoms with van der Waals surface area (Å²) in [5, 5.41) is 2.29. The molecule has 0 atom stereocenters. The molecule has 0 spiro atoms. The average molecular weight is 608 g/mol. The predicted molar refractivity (Wildman–Crippen MR) is 192 cm³/mol. The second kappa shape index (κ2) is 11.5. The monoisotopic (exact) mass is 607 g/mol. The topological polar surface area (TPSA) is 56.5 Å². The van der Waals surface area contributed by atoms with E-state index in [1.54, 1.807) is 0 Å². The van der Waals surface area contributed by atoms with Crippen molar-refractivity contribution in [3.05, 3.63) is 151 Å². The van der Waals surface area contributed by atoms with Crippen LogP contribution in [-0.4, -0.2) is 24.5 Å². The van der Waals surface area contributed by atoms with Crippen molar-refractivity contribution in [1.29, 1.82) is 0 Å². The van der Waals surface area contributed by atoms with Crippen LogP contribution < -0.4 is 0 Å². The average Bonchev–Trinajstić information content (AvgIpc) is 3.45. The second-order valence-electron chi connectivity index (χ2n) is 12.8. The molecule has 0 amide bonds. The minimum atomic E-state index is 0.0992. The molecule has 0 saturated heterocycles. The van der Waals surface area contributed by atoms with Crippen LogP contribution in [-0.2, 0) is 5.41 Å². The molecule has 0 bridgehead atoms. The van der Waals surface area contributed by atoms with Crippen LogP contribution in [0.5, 0.6) is 0 Å². The highest BCUT2D eigenvalue weighted by atomic mass is 15.1. The molecule has 0 aliphatic rings. The van der Waals surface area contributed by atoms with E-state index in [2.05, 4.69) is 110 Å². The van der Waals surface area contributed by atoms with Gasteiger partial charge in [-0.05, 0) is 53.4 Å². The zero-order valence-corrected chi connectivity index (χ0v) is 26.6.